The molecule has 3 aromatic rings. The third-order valence-corrected chi connectivity index (χ3v) is 7.34. The van der Waals surface area contributed by atoms with Crippen LogP contribution in [0.5, 0.6) is 0 Å². The zero-order valence-electron chi connectivity index (χ0n) is 15.8. The van der Waals surface area contributed by atoms with Crippen molar-refractivity contribution >= 4 is 38.7 Å². The molecule has 0 spiro atoms. The van der Waals surface area contributed by atoms with Crippen LogP contribution in [-0.4, -0.2) is 12.7 Å². The Balaban J connectivity index is 2.03. The van der Waals surface area contributed by atoms with Gasteiger partial charge in [0.2, 0.25) is 0 Å². The van der Waals surface area contributed by atoms with E-state index in [1.807, 2.05) is 37.3 Å². The molecule has 0 fully saturated rings. The van der Waals surface area contributed by atoms with E-state index in [4.69, 9.17) is 5.26 Å². The number of aryl methyl sites for hydroxylation is 1. The van der Waals surface area contributed by atoms with Crippen LogP contribution in [0.4, 0.5) is 0 Å². The van der Waals surface area contributed by atoms with Crippen LogP contribution in [0, 0.1) is 18.3 Å². The summed E-state index contributed by atoms with van der Waals surface area (Å²) in [5, 5.41) is 8.96. The first kappa shape index (κ1) is 21.1. The molecule has 0 amide bonds. The van der Waals surface area contributed by atoms with Gasteiger partial charge in [0, 0.05) is 0 Å². The quantitative estimate of drug-likeness (QED) is 0.323. The molecule has 146 valence electrons. The van der Waals surface area contributed by atoms with Gasteiger partial charge in [-0.25, -0.2) is 8.42 Å². The van der Waals surface area contributed by atoms with E-state index in [0.717, 1.165) is 16.7 Å². The predicted molar refractivity (Wildman–Crippen MR) is 124 cm³/mol. The van der Waals surface area contributed by atoms with Crippen molar-refractivity contribution < 1.29 is 8.42 Å². The molecule has 0 atom stereocenters. The molecule has 0 saturated heterocycles. The van der Waals surface area contributed by atoms with Crippen molar-refractivity contribution in [1.82, 2.24) is 4.31 Å². The maximum absolute atomic E-state index is 13.4. The van der Waals surface area contributed by atoms with Crippen LogP contribution in [0.2, 0.25) is 0 Å². The second kappa shape index (κ2) is 9.25. The third kappa shape index (κ3) is 5.25. The molecule has 0 heterocycles. The predicted octanol–water partition coefficient (Wildman–Crippen LogP) is 5.49. The van der Waals surface area contributed by atoms with Crippen molar-refractivity contribution in [2.24, 2.45) is 0 Å². The fraction of sp³-hybridized carbons (Fsp3) is 0.0870. The zero-order chi connectivity index (χ0) is 20.9. The standard InChI is InChI=1S/C23H19IN2O2S/c1-18-7-13-22(14-8-18)29(27,28)26(17-21-5-3-2-4-6-21)23(24)15-19-9-11-20(16-25)12-10-19/h2-15H,17H2,1H3/b23-15-. The molecule has 0 radical (unpaired) electrons. The van der Waals surface area contributed by atoms with Crippen molar-refractivity contribution in [1.29, 1.82) is 5.26 Å². The first-order valence-electron chi connectivity index (χ1n) is 8.91. The molecular formula is C23H19IN2O2S. The van der Waals surface area contributed by atoms with Crippen molar-refractivity contribution in [3.8, 4) is 6.07 Å². The first-order chi connectivity index (χ1) is 13.9. The van der Waals surface area contributed by atoms with E-state index in [0.29, 0.717) is 9.27 Å². The summed E-state index contributed by atoms with van der Waals surface area (Å²) >= 11 is 2.05. The lowest BCUT2D eigenvalue weighted by Crippen LogP contribution is -2.28. The van der Waals surface area contributed by atoms with Gasteiger partial charge in [0.25, 0.3) is 10.0 Å². The maximum Gasteiger partial charge on any atom is 0.264 e. The van der Waals surface area contributed by atoms with E-state index < -0.39 is 10.0 Å². The highest BCUT2D eigenvalue weighted by Crippen LogP contribution is 2.28. The van der Waals surface area contributed by atoms with E-state index in [9.17, 15) is 8.42 Å². The number of rotatable bonds is 6. The van der Waals surface area contributed by atoms with E-state index in [-0.39, 0.29) is 11.4 Å². The summed E-state index contributed by atoms with van der Waals surface area (Å²) in [5.41, 5.74) is 3.28. The first-order valence-corrected chi connectivity index (χ1v) is 11.4. The van der Waals surface area contributed by atoms with Crippen LogP contribution in [-0.2, 0) is 16.6 Å². The van der Waals surface area contributed by atoms with Gasteiger partial charge in [-0.1, -0.05) is 60.2 Å². The summed E-state index contributed by atoms with van der Waals surface area (Å²) in [4.78, 5) is 0.251. The summed E-state index contributed by atoms with van der Waals surface area (Å²) in [6.07, 6.45) is 1.80. The van der Waals surface area contributed by atoms with Gasteiger partial charge in [-0.3, -0.25) is 4.31 Å². The Morgan fingerprint density at radius 3 is 2.21 bits per heavy atom. The normalized spacial score (nSPS) is 11.7. The van der Waals surface area contributed by atoms with E-state index >= 15 is 0 Å². The molecule has 29 heavy (non-hydrogen) atoms. The topological polar surface area (TPSA) is 61.2 Å². The lowest BCUT2D eigenvalue weighted by Gasteiger charge is -2.24. The molecule has 0 saturated carbocycles. The summed E-state index contributed by atoms with van der Waals surface area (Å²) < 4.78 is 28.8. The average Bonchev–Trinajstić information content (AvgIpc) is 2.73. The van der Waals surface area contributed by atoms with E-state index in [1.54, 1.807) is 54.6 Å². The Kier molecular flexibility index (Phi) is 6.72. The highest BCUT2D eigenvalue weighted by Gasteiger charge is 2.25. The number of benzene rings is 3. The van der Waals surface area contributed by atoms with Crippen LogP contribution in [0.3, 0.4) is 0 Å². The SMILES string of the molecule is Cc1ccc(S(=O)(=O)N(Cc2ccccc2)/C(I)=C\c2ccc(C#N)cc2)cc1. The van der Waals surface area contributed by atoms with Crippen LogP contribution < -0.4 is 0 Å². The summed E-state index contributed by atoms with van der Waals surface area (Å²) in [6, 6.07) is 25.5. The Labute approximate surface area is 185 Å². The molecule has 4 nitrogen and oxygen atoms in total. The van der Waals surface area contributed by atoms with Gasteiger partial charge in [0.05, 0.1) is 26.8 Å². The van der Waals surface area contributed by atoms with Gasteiger partial charge in [-0.05, 0) is 71.0 Å². The largest absolute Gasteiger partial charge is 0.264 e. The van der Waals surface area contributed by atoms with Crippen LogP contribution in [0.25, 0.3) is 6.08 Å². The maximum atomic E-state index is 13.4. The fourth-order valence-corrected chi connectivity index (χ4v) is 5.37. The molecule has 0 aliphatic rings. The van der Waals surface area contributed by atoms with Gasteiger partial charge < -0.3 is 0 Å². The second-order valence-electron chi connectivity index (χ2n) is 6.51. The monoisotopic (exact) mass is 514 g/mol. The Hall–Kier alpha value is -2.63. The van der Waals surface area contributed by atoms with Gasteiger partial charge in [-0.2, -0.15) is 5.26 Å². The third-order valence-electron chi connectivity index (χ3n) is 4.34. The minimum atomic E-state index is -3.74. The van der Waals surface area contributed by atoms with Crippen molar-refractivity contribution in [2.45, 2.75) is 18.4 Å². The van der Waals surface area contributed by atoms with E-state index in [2.05, 4.69) is 28.7 Å². The Morgan fingerprint density at radius 2 is 1.62 bits per heavy atom. The molecule has 3 rings (SSSR count). The molecule has 6 heteroatoms. The van der Waals surface area contributed by atoms with Crippen LogP contribution in [0.15, 0.2) is 87.5 Å². The summed E-state index contributed by atoms with van der Waals surface area (Å²) in [5.74, 6) is 0. The molecule has 3 aromatic carbocycles. The second-order valence-corrected chi connectivity index (χ2v) is 9.48. The molecule has 0 N–H and O–H groups in total. The molecule has 0 bridgehead atoms. The van der Waals surface area contributed by atoms with Gasteiger partial charge in [0.15, 0.2) is 0 Å². The van der Waals surface area contributed by atoms with Crippen molar-refractivity contribution in [2.75, 3.05) is 0 Å². The molecule has 0 unspecified atom stereocenters. The van der Waals surface area contributed by atoms with E-state index in [1.165, 1.54) is 4.31 Å². The number of hydrogen-bond acceptors (Lipinski definition) is 3. The molecular weight excluding hydrogens is 495 g/mol. The number of halogens is 1. The van der Waals surface area contributed by atoms with Crippen LogP contribution >= 0.6 is 22.6 Å². The van der Waals surface area contributed by atoms with Gasteiger partial charge in [0.1, 0.15) is 0 Å². The van der Waals surface area contributed by atoms with Crippen molar-refractivity contribution in [3.05, 3.63) is 105 Å². The Morgan fingerprint density at radius 1 is 1.00 bits per heavy atom. The minimum Gasteiger partial charge on any atom is -0.256 e. The van der Waals surface area contributed by atoms with Crippen molar-refractivity contribution in [3.63, 3.8) is 0 Å². The number of nitriles is 1. The van der Waals surface area contributed by atoms with Gasteiger partial charge >= 0.3 is 0 Å². The number of sulfonamides is 1. The molecule has 0 aromatic heterocycles. The number of hydrogen-bond donors (Lipinski definition) is 0. The summed E-state index contributed by atoms with van der Waals surface area (Å²) in [6.45, 7) is 2.15. The fourth-order valence-electron chi connectivity index (χ4n) is 2.73. The lowest BCUT2D eigenvalue weighted by atomic mass is 10.1. The average molecular weight is 514 g/mol. The minimum absolute atomic E-state index is 0.224. The Bertz CT molecular complexity index is 1150. The number of nitrogens with zero attached hydrogens (tertiary/aromatic N) is 2. The summed E-state index contributed by atoms with van der Waals surface area (Å²) in [7, 11) is -3.74. The lowest BCUT2D eigenvalue weighted by molar-refractivity contribution is 0.494. The van der Waals surface area contributed by atoms with Crippen LogP contribution in [0.1, 0.15) is 22.3 Å². The zero-order valence-corrected chi connectivity index (χ0v) is 18.8. The molecule has 0 aliphatic carbocycles. The highest BCUT2D eigenvalue weighted by molar-refractivity contribution is 14.1. The molecule has 0 aliphatic heterocycles. The van der Waals surface area contributed by atoms with Gasteiger partial charge in [-0.15, -0.1) is 0 Å². The smallest absolute Gasteiger partial charge is 0.256 e. The highest BCUT2D eigenvalue weighted by atomic mass is 127.